The van der Waals surface area contributed by atoms with Gasteiger partial charge in [0, 0.05) is 14.2 Å². The zero-order valence-electron chi connectivity index (χ0n) is 11.9. The molecule has 0 aromatic carbocycles. The van der Waals surface area contributed by atoms with Gasteiger partial charge in [-0.3, -0.25) is 0 Å². The van der Waals surface area contributed by atoms with Gasteiger partial charge in [0.2, 0.25) is 0 Å². The Balaban J connectivity index is 1.87. The molecule has 0 aromatic heterocycles. The molecular formula is C16H28O2. The minimum absolute atomic E-state index is 0.520. The Kier molecular flexibility index (Phi) is 3.95. The number of hydrogen-bond acceptors (Lipinski definition) is 2. The summed E-state index contributed by atoms with van der Waals surface area (Å²) in [7, 11) is 3.88. The summed E-state index contributed by atoms with van der Waals surface area (Å²) >= 11 is 0. The average Bonchev–Trinajstić information content (AvgIpc) is 2.44. The van der Waals surface area contributed by atoms with Gasteiger partial charge in [-0.15, -0.1) is 0 Å². The summed E-state index contributed by atoms with van der Waals surface area (Å²) in [6.45, 7) is 0. The van der Waals surface area contributed by atoms with E-state index in [2.05, 4.69) is 0 Å². The lowest BCUT2D eigenvalue weighted by atomic mass is 9.57. The van der Waals surface area contributed by atoms with Crippen LogP contribution in [0.15, 0.2) is 0 Å². The van der Waals surface area contributed by atoms with Crippen LogP contribution < -0.4 is 0 Å². The molecule has 3 rings (SSSR count). The molecule has 0 bridgehead atoms. The first-order chi connectivity index (χ1) is 8.86. The Bertz CT molecular complexity index is 213. The van der Waals surface area contributed by atoms with Crippen molar-refractivity contribution in [2.24, 2.45) is 23.7 Å². The van der Waals surface area contributed by atoms with Crippen LogP contribution in [-0.4, -0.2) is 26.4 Å². The predicted octanol–water partition coefficient (Wildman–Crippen LogP) is 3.64. The minimum Gasteiger partial charge on any atom is -0.381 e. The van der Waals surface area contributed by atoms with E-state index in [9.17, 15) is 0 Å². The van der Waals surface area contributed by atoms with Gasteiger partial charge in [-0.05, 0) is 49.4 Å². The van der Waals surface area contributed by atoms with Gasteiger partial charge in [0.1, 0.15) is 0 Å². The molecular weight excluding hydrogens is 224 g/mol. The molecule has 3 aliphatic rings. The topological polar surface area (TPSA) is 18.5 Å². The summed E-state index contributed by atoms with van der Waals surface area (Å²) in [6, 6.07) is 0. The highest BCUT2D eigenvalue weighted by atomic mass is 16.5. The van der Waals surface area contributed by atoms with Crippen LogP contribution in [0.1, 0.15) is 51.4 Å². The van der Waals surface area contributed by atoms with Crippen LogP contribution >= 0.6 is 0 Å². The molecule has 0 heterocycles. The molecule has 0 aliphatic heterocycles. The van der Waals surface area contributed by atoms with Gasteiger partial charge in [-0.25, -0.2) is 0 Å². The van der Waals surface area contributed by atoms with Gasteiger partial charge in [0.05, 0.1) is 12.2 Å². The van der Waals surface area contributed by atoms with Crippen molar-refractivity contribution in [3.63, 3.8) is 0 Å². The van der Waals surface area contributed by atoms with Gasteiger partial charge in [-0.1, -0.05) is 25.7 Å². The van der Waals surface area contributed by atoms with Crippen molar-refractivity contribution in [3.8, 4) is 0 Å². The molecule has 4 unspecified atom stereocenters. The number of hydrogen-bond donors (Lipinski definition) is 0. The number of methoxy groups -OCH3 is 2. The average molecular weight is 252 g/mol. The highest BCUT2D eigenvalue weighted by Gasteiger charge is 2.51. The Hall–Kier alpha value is -0.0800. The summed E-state index contributed by atoms with van der Waals surface area (Å²) in [5, 5.41) is 0. The largest absolute Gasteiger partial charge is 0.381 e. The van der Waals surface area contributed by atoms with Gasteiger partial charge in [-0.2, -0.15) is 0 Å². The Morgan fingerprint density at radius 2 is 0.833 bits per heavy atom. The highest BCUT2D eigenvalue weighted by molar-refractivity contribution is 5.01. The van der Waals surface area contributed by atoms with Crippen molar-refractivity contribution in [1.82, 2.24) is 0 Å². The van der Waals surface area contributed by atoms with Gasteiger partial charge < -0.3 is 9.47 Å². The van der Waals surface area contributed by atoms with Crippen molar-refractivity contribution in [1.29, 1.82) is 0 Å². The fourth-order valence-electron chi connectivity index (χ4n) is 5.34. The first kappa shape index (κ1) is 12.9. The molecule has 3 fully saturated rings. The number of rotatable bonds is 2. The molecule has 0 saturated heterocycles. The van der Waals surface area contributed by atoms with Gasteiger partial charge in [0.15, 0.2) is 0 Å². The third-order valence-corrected chi connectivity index (χ3v) is 5.98. The number of fused-ring (bicyclic) bond motifs is 2. The van der Waals surface area contributed by atoms with E-state index >= 15 is 0 Å². The zero-order chi connectivity index (χ0) is 12.5. The zero-order valence-corrected chi connectivity index (χ0v) is 11.9. The first-order valence-electron chi connectivity index (χ1n) is 7.92. The van der Waals surface area contributed by atoms with Crippen molar-refractivity contribution < 1.29 is 9.47 Å². The Morgan fingerprint density at radius 3 is 1.06 bits per heavy atom. The third kappa shape index (κ3) is 2.02. The van der Waals surface area contributed by atoms with Crippen molar-refractivity contribution in [2.45, 2.75) is 63.6 Å². The third-order valence-electron chi connectivity index (χ3n) is 5.98. The molecule has 0 aromatic rings. The summed E-state index contributed by atoms with van der Waals surface area (Å²) in [5.41, 5.74) is 0. The molecule has 0 radical (unpaired) electrons. The van der Waals surface area contributed by atoms with Crippen LogP contribution in [-0.2, 0) is 9.47 Å². The van der Waals surface area contributed by atoms with Crippen LogP contribution in [0.2, 0.25) is 0 Å². The lowest BCUT2D eigenvalue weighted by Crippen LogP contribution is -2.55. The van der Waals surface area contributed by atoms with Crippen molar-refractivity contribution in [3.05, 3.63) is 0 Å². The van der Waals surface area contributed by atoms with Crippen LogP contribution in [0.5, 0.6) is 0 Å². The Morgan fingerprint density at radius 1 is 0.556 bits per heavy atom. The second kappa shape index (κ2) is 5.50. The Labute approximate surface area is 111 Å². The molecule has 3 aliphatic carbocycles. The van der Waals surface area contributed by atoms with Gasteiger partial charge >= 0.3 is 0 Å². The lowest BCUT2D eigenvalue weighted by molar-refractivity contribution is -0.164. The SMILES string of the molecule is COC1C2CCCCC2C(OC)C2CCCCC21. The van der Waals surface area contributed by atoms with Crippen LogP contribution in [0.3, 0.4) is 0 Å². The summed E-state index contributed by atoms with van der Waals surface area (Å²) in [6.07, 6.45) is 12.1. The van der Waals surface area contributed by atoms with E-state index in [0.717, 1.165) is 23.7 Å². The standard InChI is InChI=1S/C16H28O2/c1-17-15-11-7-3-5-9-13(11)16(18-2)14-10-6-4-8-12(14)15/h11-16H,3-10H2,1-2H3. The molecule has 104 valence electrons. The van der Waals surface area contributed by atoms with Gasteiger partial charge in [0.25, 0.3) is 0 Å². The maximum atomic E-state index is 5.97. The van der Waals surface area contributed by atoms with E-state index in [1.807, 2.05) is 14.2 Å². The molecule has 0 amide bonds. The van der Waals surface area contributed by atoms with E-state index < -0.39 is 0 Å². The molecule has 2 nitrogen and oxygen atoms in total. The van der Waals surface area contributed by atoms with E-state index in [0.29, 0.717) is 12.2 Å². The highest BCUT2D eigenvalue weighted by Crippen LogP contribution is 2.51. The lowest BCUT2D eigenvalue weighted by Gasteiger charge is -2.54. The smallest absolute Gasteiger partial charge is 0.0634 e. The molecule has 0 N–H and O–H groups in total. The molecule has 4 atom stereocenters. The second-order valence-corrected chi connectivity index (χ2v) is 6.62. The number of ether oxygens (including phenoxy) is 2. The van der Waals surface area contributed by atoms with E-state index in [-0.39, 0.29) is 0 Å². The fourth-order valence-corrected chi connectivity index (χ4v) is 5.34. The molecule has 18 heavy (non-hydrogen) atoms. The quantitative estimate of drug-likeness (QED) is 0.747. The predicted molar refractivity (Wildman–Crippen MR) is 72.5 cm³/mol. The van der Waals surface area contributed by atoms with E-state index in [1.54, 1.807) is 0 Å². The van der Waals surface area contributed by atoms with E-state index in [4.69, 9.17) is 9.47 Å². The summed E-state index contributed by atoms with van der Waals surface area (Å²) < 4.78 is 11.9. The summed E-state index contributed by atoms with van der Waals surface area (Å²) in [4.78, 5) is 0. The second-order valence-electron chi connectivity index (χ2n) is 6.62. The van der Waals surface area contributed by atoms with Crippen molar-refractivity contribution in [2.75, 3.05) is 14.2 Å². The fraction of sp³-hybridized carbons (Fsp3) is 1.00. The van der Waals surface area contributed by atoms with Crippen molar-refractivity contribution >= 4 is 0 Å². The maximum Gasteiger partial charge on any atom is 0.0634 e. The van der Waals surface area contributed by atoms with Crippen LogP contribution in [0.4, 0.5) is 0 Å². The van der Waals surface area contributed by atoms with Crippen LogP contribution in [0, 0.1) is 23.7 Å². The summed E-state index contributed by atoms with van der Waals surface area (Å²) in [5.74, 6) is 3.09. The molecule has 0 spiro atoms. The molecule has 2 heteroatoms. The minimum atomic E-state index is 0.520. The molecule has 3 saturated carbocycles. The maximum absolute atomic E-state index is 5.97. The monoisotopic (exact) mass is 252 g/mol. The van der Waals surface area contributed by atoms with Crippen LogP contribution in [0.25, 0.3) is 0 Å². The van der Waals surface area contributed by atoms with E-state index in [1.165, 1.54) is 51.4 Å². The first-order valence-corrected chi connectivity index (χ1v) is 7.92. The normalized spacial score (nSPS) is 48.3.